The van der Waals surface area contributed by atoms with Crippen LogP contribution in [0.2, 0.25) is 5.02 Å². The number of hydrogen-bond acceptors (Lipinski definition) is 4. The summed E-state index contributed by atoms with van der Waals surface area (Å²) in [6.45, 7) is 0. The minimum atomic E-state index is -4.84. The molecule has 33 heavy (non-hydrogen) atoms. The Morgan fingerprint density at radius 2 is 1.82 bits per heavy atom. The van der Waals surface area contributed by atoms with Gasteiger partial charge in [-0.3, -0.25) is 4.79 Å². The molecule has 172 valence electrons. The molecule has 14 heteroatoms. The first-order chi connectivity index (χ1) is 15.4. The summed E-state index contributed by atoms with van der Waals surface area (Å²) < 4.78 is 80.4. The molecule has 0 spiro atoms. The Balaban J connectivity index is 1.81. The maximum Gasteiger partial charge on any atom is 0.433 e. The molecule has 0 bridgehead atoms. The van der Waals surface area contributed by atoms with Crippen LogP contribution in [0.15, 0.2) is 46.3 Å². The summed E-state index contributed by atoms with van der Waals surface area (Å²) in [5, 5.41) is 7.33. The molecule has 0 aliphatic rings. The van der Waals surface area contributed by atoms with E-state index >= 15 is 0 Å². The Labute approximate surface area is 198 Å². The third-order valence-corrected chi connectivity index (χ3v) is 6.31. The SMILES string of the molecule is O=C(Nc1cc(C(F)(F)F)ccc1Cl)c1nn2c(C(F)(F)F)cc(-c3cccs3)nc2c1Br. The highest BCUT2D eigenvalue weighted by Crippen LogP contribution is 2.37. The number of fused-ring (bicyclic) bond motifs is 1. The van der Waals surface area contributed by atoms with Crippen molar-refractivity contribution in [3.63, 3.8) is 0 Å². The number of nitrogens with one attached hydrogen (secondary N) is 1. The Bertz CT molecular complexity index is 1370. The standard InChI is InChI=1S/C19H8BrClF6N4OS/c20-14-15(17(32)29-10-6-8(18(22,23)24)3-4-9(10)21)30-31-13(19(25,26)27)7-11(28-16(14)31)12-2-1-5-33-12/h1-7H,(H,29,32). The molecule has 0 saturated heterocycles. The van der Waals surface area contributed by atoms with E-state index in [0.29, 0.717) is 15.5 Å². The van der Waals surface area contributed by atoms with E-state index in [4.69, 9.17) is 11.6 Å². The predicted octanol–water partition coefficient (Wildman–Crippen LogP) is 7.16. The summed E-state index contributed by atoms with van der Waals surface area (Å²) in [5.41, 5.74) is -3.45. The average molecular weight is 570 g/mol. The highest BCUT2D eigenvalue weighted by molar-refractivity contribution is 9.10. The summed E-state index contributed by atoms with van der Waals surface area (Å²) >= 11 is 10.1. The number of halogens is 8. The van der Waals surface area contributed by atoms with Gasteiger partial charge in [-0.15, -0.1) is 11.3 Å². The van der Waals surface area contributed by atoms with Gasteiger partial charge in [0.05, 0.1) is 31.3 Å². The lowest BCUT2D eigenvalue weighted by molar-refractivity contribution is -0.142. The van der Waals surface area contributed by atoms with Gasteiger partial charge in [0.2, 0.25) is 0 Å². The molecule has 1 N–H and O–H groups in total. The second-order valence-electron chi connectivity index (χ2n) is 6.55. The first-order valence-corrected chi connectivity index (χ1v) is 10.8. The van der Waals surface area contributed by atoms with Crippen LogP contribution < -0.4 is 5.32 Å². The average Bonchev–Trinajstić information content (AvgIpc) is 3.36. The molecule has 4 aromatic rings. The lowest BCUT2D eigenvalue weighted by atomic mass is 10.2. The minimum absolute atomic E-state index is 0.0123. The molecule has 0 atom stereocenters. The molecule has 3 heterocycles. The highest BCUT2D eigenvalue weighted by Gasteiger charge is 2.37. The largest absolute Gasteiger partial charge is 0.433 e. The van der Waals surface area contributed by atoms with E-state index in [1.54, 1.807) is 17.5 Å². The van der Waals surface area contributed by atoms with Gasteiger partial charge in [0, 0.05) is 0 Å². The fourth-order valence-electron chi connectivity index (χ4n) is 2.87. The number of amides is 1. The Morgan fingerprint density at radius 1 is 1.09 bits per heavy atom. The van der Waals surface area contributed by atoms with Gasteiger partial charge in [0.15, 0.2) is 17.0 Å². The van der Waals surface area contributed by atoms with E-state index < -0.39 is 35.2 Å². The van der Waals surface area contributed by atoms with Crippen molar-refractivity contribution in [2.45, 2.75) is 12.4 Å². The molecule has 1 amide bonds. The van der Waals surface area contributed by atoms with Gasteiger partial charge in [-0.25, -0.2) is 9.50 Å². The Morgan fingerprint density at radius 3 is 2.42 bits per heavy atom. The first kappa shape index (κ1) is 23.5. The lowest BCUT2D eigenvalue weighted by Crippen LogP contribution is -2.16. The van der Waals surface area contributed by atoms with E-state index in [0.717, 1.165) is 18.2 Å². The zero-order valence-electron chi connectivity index (χ0n) is 15.7. The van der Waals surface area contributed by atoms with Crippen LogP contribution in [0, 0.1) is 0 Å². The molecule has 1 aromatic carbocycles. The van der Waals surface area contributed by atoms with Crippen molar-refractivity contribution in [3.8, 4) is 10.6 Å². The quantitative estimate of drug-likeness (QED) is 0.266. The van der Waals surface area contributed by atoms with Gasteiger partial charge in [-0.2, -0.15) is 31.4 Å². The van der Waals surface area contributed by atoms with Crippen LogP contribution in [0.3, 0.4) is 0 Å². The smallest absolute Gasteiger partial charge is 0.319 e. The molecule has 0 aliphatic carbocycles. The van der Waals surface area contributed by atoms with Crippen LogP contribution in [0.1, 0.15) is 21.7 Å². The normalized spacial score (nSPS) is 12.4. The number of nitrogens with zero attached hydrogens (tertiary/aromatic N) is 3. The third kappa shape index (κ3) is 4.57. The van der Waals surface area contributed by atoms with Crippen molar-refractivity contribution in [1.82, 2.24) is 14.6 Å². The van der Waals surface area contributed by atoms with E-state index in [1.807, 2.05) is 0 Å². The number of carbonyl (C=O) groups excluding carboxylic acids is 1. The number of anilines is 1. The molecule has 0 saturated carbocycles. The zero-order valence-corrected chi connectivity index (χ0v) is 18.9. The van der Waals surface area contributed by atoms with Crippen molar-refractivity contribution in [2.24, 2.45) is 0 Å². The van der Waals surface area contributed by atoms with Gasteiger partial charge in [0.25, 0.3) is 5.91 Å². The summed E-state index contributed by atoms with van der Waals surface area (Å²) in [5.74, 6) is -1.08. The van der Waals surface area contributed by atoms with Crippen LogP contribution in [0.5, 0.6) is 0 Å². The number of alkyl halides is 6. The zero-order chi connectivity index (χ0) is 24.1. The summed E-state index contributed by atoms with van der Waals surface area (Å²) in [7, 11) is 0. The second kappa shape index (κ2) is 8.29. The lowest BCUT2D eigenvalue weighted by Gasteiger charge is -2.11. The van der Waals surface area contributed by atoms with Crippen LogP contribution >= 0.6 is 38.9 Å². The number of carbonyl (C=O) groups is 1. The van der Waals surface area contributed by atoms with Gasteiger partial charge < -0.3 is 5.32 Å². The summed E-state index contributed by atoms with van der Waals surface area (Å²) in [4.78, 5) is 17.4. The molecule has 4 rings (SSSR count). The maximum absolute atomic E-state index is 13.7. The van der Waals surface area contributed by atoms with Gasteiger partial charge in [-0.1, -0.05) is 17.7 Å². The molecule has 0 radical (unpaired) electrons. The van der Waals surface area contributed by atoms with E-state index in [1.165, 1.54) is 11.3 Å². The molecule has 0 aliphatic heterocycles. The predicted molar refractivity (Wildman–Crippen MR) is 113 cm³/mol. The van der Waals surface area contributed by atoms with Crippen molar-refractivity contribution in [2.75, 3.05) is 5.32 Å². The molecular formula is C19H8BrClF6N4OS. The minimum Gasteiger partial charge on any atom is -0.319 e. The summed E-state index contributed by atoms with van der Waals surface area (Å²) in [6.07, 6.45) is -9.53. The fourth-order valence-corrected chi connectivity index (χ4v) is 4.23. The van der Waals surface area contributed by atoms with E-state index in [2.05, 4.69) is 31.3 Å². The van der Waals surface area contributed by atoms with Crippen molar-refractivity contribution >= 4 is 56.1 Å². The Kier molecular flexibility index (Phi) is 5.91. The van der Waals surface area contributed by atoms with Crippen LogP contribution in [-0.4, -0.2) is 20.5 Å². The molecule has 3 aromatic heterocycles. The summed E-state index contributed by atoms with van der Waals surface area (Å²) in [6, 6.07) is 6.29. The van der Waals surface area contributed by atoms with E-state index in [9.17, 15) is 31.1 Å². The van der Waals surface area contributed by atoms with Crippen molar-refractivity contribution in [1.29, 1.82) is 0 Å². The van der Waals surface area contributed by atoms with Gasteiger partial charge >= 0.3 is 12.4 Å². The van der Waals surface area contributed by atoms with E-state index in [-0.39, 0.29) is 26.5 Å². The maximum atomic E-state index is 13.7. The van der Waals surface area contributed by atoms with Crippen molar-refractivity contribution in [3.05, 3.63) is 68.2 Å². The van der Waals surface area contributed by atoms with Crippen molar-refractivity contribution < 1.29 is 31.1 Å². The third-order valence-electron chi connectivity index (χ3n) is 4.35. The molecular weight excluding hydrogens is 562 g/mol. The number of rotatable bonds is 3. The van der Waals surface area contributed by atoms with Crippen LogP contribution in [0.25, 0.3) is 16.2 Å². The second-order valence-corrected chi connectivity index (χ2v) is 8.69. The monoisotopic (exact) mass is 568 g/mol. The highest BCUT2D eigenvalue weighted by atomic mass is 79.9. The van der Waals surface area contributed by atoms with Crippen LogP contribution in [-0.2, 0) is 12.4 Å². The van der Waals surface area contributed by atoms with Gasteiger partial charge in [-0.05, 0) is 51.6 Å². The van der Waals surface area contributed by atoms with Gasteiger partial charge in [0.1, 0.15) is 0 Å². The fraction of sp³-hybridized carbons (Fsp3) is 0.105. The van der Waals surface area contributed by atoms with Crippen LogP contribution in [0.4, 0.5) is 32.0 Å². The topological polar surface area (TPSA) is 59.3 Å². The molecule has 5 nitrogen and oxygen atoms in total. The molecule has 0 unspecified atom stereocenters. The Hall–Kier alpha value is -2.64. The number of thiophene rings is 1. The molecule has 0 fully saturated rings. The number of hydrogen-bond donors (Lipinski definition) is 1. The first-order valence-electron chi connectivity index (χ1n) is 8.74. The number of benzene rings is 1. The number of aromatic nitrogens is 3.